The maximum absolute atomic E-state index is 14.0. The van der Waals surface area contributed by atoms with Gasteiger partial charge in [-0.15, -0.1) is 11.8 Å². The van der Waals surface area contributed by atoms with Gasteiger partial charge in [-0.05, 0) is 24.5 Å². The Morgan fingerprint density at radius 1 is 1.44 bits per heavy atom. The van der Waals surface area contributed by atoms with Crippen molar-refractivity contribution in [1.82, 2.24) is 10.2 Å². The van der Waals surface area contributed by atoms with Crippen LogP contribution in [0.3, 0.4) is 0 Å². The standard InChI is InChI=1S/C11H8F2N2O2S/c1-18-10-6(12)3-2-5(9(10)13)7-4-8(11(16)17)15-14-7/h2-4H,1H3,(H,14,15)(H,16,17). The molecule has 0 radical (unpaired) electrons. The Kier molecular flexibility index (Phi) is 3.33. The highest BCUT2D eigenvalue weighted by Crippen LogP contribution is 2.30. The van der Waals surface area contributed by atoms with E-state index in [1.807, 2.05) is 0 Å². The molecule has 94 valence electrons. The summed E-state index contributed by atoms with van der Waals surface area (Å²) in [4.78, 5) is 10.6. The number of rotatable bonds is 3. The molecule has 0 spiro atoms. The molecule has 18 heavy (non-hydrogen) atoms. The van der Waals surface area contributed by atoms with Gasteiger partial charge < -0.3 is 5.11 Å². The molecule has 2 N–H and O–H groups in total. The van der Waals surface area contributed by atoms with E-state index in [0.717, 1.165) is 17.8 Å². The number of halogens is 2. The number of aromatic nitrogens is 2. The van der Waals surface area contributed by atoms with Crippen LogP contribution in [-0.4, -0.2) is 27.5 Å². The van der Waals surface area contributed by atoms with Gasteiger partial charge in [0.25, 0.3) is 0 Å². The third kappa shape index (κ3) is 2.08. The summed E-state index contributed by atoms with van der Waals surface area (Å²) >= 11 is 0.940. The number of hydrogen-bond acceptors (Lipinski definition) is 3. The maximum Gasteiger partial charge on any atom is 0.353 e. The zero-order valence-electron chi connectivity index (χ0n) is 9.20. The quantitative estimate of drug-likeness (QED) is 0.842. The van der Waals surface area contributed by atoms with Gasteiger partial charge in [0.05, 0.1) is 10.6 Å². The summed E-state index contributed by atoms with van der Waals surface area (Å²) in [6.07, 6.45) is 1.55. The average Bonchev–Trinajstić information content (AvgIpc) is 2.79. The molecule has 0 fully saturated rings. The minimum absolute atomic E-state index is 0.0597. The molecule has 0 saturated heterocycles. The van der Waals surface area contributed by atoms with Gasteiger partial charge in [0.15, 0.2) is 0 Å². The van der Waals surface area contributed by atoms with E-state index in [0.29, 0.717) is 0 Å². The zero-order chi connectivity index (χ0) is 13.3. The summed E-state index contributed by atoms with van der Waals surface area (Å²) in [6.45, 7) is 0. The van der Waals surface area contributed by atoms with Gasteiger partial charge >= 0.3 is 5.97 Å². The second-order valence-corrected chi connectivity index (χ2v) is 4.23. The number of aromatic amines is 1. The number of carboxylic acids is 1. The van der Waals surface area contributed by atoms with Crippen LogP contribution in [0.5, 0.6) is 0 Å². The molecule has 0 aliphatic carbocycles. The van der Waals surface area contributed by atoms with Gasteiger partial charge in [0, 0.05) is 5.56 Å². The third-order valence-electron chi connectivity index (χ3n) is 2.34. The second-order valence-electron chi connectivity index (χ2n) is 3.41. The van der Waals surface area contributed by atoms with Crippen molar-refractivity contribution in [2.24, 2.45) is 0 Å². The topological polar surface area (TPSA) is 66.0 Å². The van der Waals surface area contributed by atoms with Crippen molar-refractivity contribution >= 4 is 17.7 Å². The molecule has 2 rings (SSSR count). The van der Waals surface area contributed by atoms with Gasteiger partial charge in [-0.1, -0.05) is 0 Å². The predicted octanol–water partition coefficient (Wildman–Crippen LogP) is 2.78. The lowest BCUT2D eigenvalue weighted by atomic mass is 10.1. The van der Waals surface area contributed by atoms with Crippen LogP contribution >= 0.6 is 11.8 Å². The highest BCUT2D eigenvalue weighted by Gasteiger charge is 2.17. The highest BCUT2D eigenvalue weighted by atomic mass is 32.2. The zero-order valence-corrected chi connectivity index (χ0v) is 10.0. The molecule has 0 saturated carbocycles. The lowest BCUT2D eigenvalue weighted by Gasteiger charge is -2.05. The van der Waals surface area contributed by atoms with Crippen molar-refractivity contribution in [2.75, 3.05) is 6.26 Å². The van der Waals surface area contributed by atoms with E-state index in [2.05, 4.69) is 10.2 Å². The van der Waals surface area contributed by atoms with Crippen LogP contribution < -0.4 is 0 Å². The van der Waals surface area contributed by atoms with E-state index >= 15 is 0 Å². The molecule has 0 amide bonds. The minimum atomic E-state index is -1.19. The van der Waals surface area contributed by atoms with Crippen LogP contribution in [0.25, 0.3) is 11.3 Å². The van der Waals surface area contributed by atoms with E-state index in [1.165, 1.54) is 12.1 Å². The van der Waals surface area contributed by atoms with E-state index in [4.69, 9.17) is 5.11 Å². The molecule has 0 aliphatic heterocycles. The SMILES string of the molecule is CSc1c(F)ccc(-c2cc(C(=O)O)[nH]n2)c1F. The first kappa shape index (κ1) is 12.6. The highest BCUT2D eigenvalue weighted by molar-refractivity contribution is 7.98. The van der Waals surface area contributed by atoms with Gasteiger partial charge in [0.2, 0.25) is 0 Å². The predicted molar refractivity (Wildman–Crippen MR) is 62.7 cm³/mol. The largest absolute Gasteiger partial charge is 0.477 e. The smallest absolute Gasteiger partial charge is 0.353 e. The van der Waals surface area contributed by atoms with Gasteiger partial charge in [-0.25, -0.2) is 13.6 Å². The van der Waals surface area contributed by atoms with Crippen molar-refractivity contribution in [3.63, 3.8) is 0 Å². The van der Waals surface area contributed by atoms with Gasteiger partial charge in [0.1, 0.15) is 17.3 Å². The number of aromatic carboxylic acids is 1. The first-order chi connectivity index (χ1) is 8.54. The number of thioether (sulfide) groups is 1. The number of carboxylic acid groups (broad SMARTS) is 1. The van der Waals surface area contributed by atoms with Crippen LogP contribution in [0.1, 0.15) is 10.5 Å². The molecule has 1 heterocycles. The number of hydrogen-bond donors (Lipinski definition) is 2. The lowest BCUT2D eigenvalue weighted by Crippen LogP contribution is -1.95. The number of benzene rings is 1. The molecule has 1 aromatic carbocycles. The van der Waals surface area contributed by atoms with Crippen molar-refractivity contribution in [1.29, 1.82) is 0 Å². The molecule has 0 unspecified atom stereocenters. The Morgan fingerprint density at radius 3 is 2.72 bits per heavy atom. The Bertz CT molecular complexity index is 613. The molecule has 7 heteroatoms. The van der Waals surface area contributed by atoms with Crippen LogP contribution in [0, 0.1) is 11.6 Å². The summed E-state index contributed by atoms with van der Waals surface area (Å²) in [6, 6.07) is 3.55. The van der Waals surface area contributed by atoms with Gasteiger partial charge in [-0.3, -0.25) is 5.10 Å². The first-order valence-electron chi connectivity index (χ1n) is 4.85. The Hall–Kier alpha value is -1.89. The van der Waals surface area contributed by atoms with E-state index in [-0.39, 0.29) is 21.8 Å². The van der Waals surface area contributed by atoms with Crippen LogP contribution in [0.4, 0.5) is 8.78 Å². The fourth-order valence-electron chi connectivity index (χ4n) is 1.49. The lowest BCUT2D eigenvalue weighted by molar-refractivity contribution is 0.0690. The van der Waals surface area contributed by atoms with E-state index in [9.17, 15) is 13.6 Å². The first-order valence-corrected chi connectivity index (χ1v) is 6.08. The van der Waals surface area contributed by atoms with E-state index in [1.54, 1.807) is 6.26 Å². The van der Waals surface area contributed by atoms with Crippen LogP contribution in [-0.2, 0) is 0 Å². The molecule has 0 aliphatic rings. The average molecular weight is 270 g/mol. The minimum Gasteiger partial charge on any atom is -0.477 e. The molecule has 0 atom stereocenters. The number of H-pyrrole nitrogens is 1. The Morgan fingerprint density at radius 2 is 2.17 bits per heavy atom. The second kappa shape index (κ2) is 4.77. The van der Waals surface area contributed by atoms with Crippen LogP contribution in [0.2, 0.25) is 0 Å². The summed E-state index contributed by atoms with van der Waals surface area (Å²) < 4.78 is 27.3. The molecule has 0 bridgehead atoms. The number of carbonyl (C=O) groups is 1. The summed E-state index contributed by atoms with van der Waals surface area (Å²) in [5.74, 6) is -2.59. The normalized spacial score (nSPS) is 10.6. The monoisotopic (exact) mass is 270 g/mol. The number of nitrogens with zero attached hydrogens (tertiary/aromatic N) is 1. The third-order valence-corrected chi connectivity index (χ3v) is 3.12. The van der Waals surface area contributed by atoms with Crippen molar-refractivity contribution < 1.29 is 18.7 Å². The molecular formula is C11H8F2N2O2S. The molecular weight excluding hydrogens is 262 g/mol. The van der Waals surface area contributed by atoms with Crippen molar-refractivity contribution in [3.05, 3.63) is 35.5 Å². The summed E-state index contributed by atoms with van der Waals surface area (Å²) in [5, 5.41) is 14.7. The summed E-state index contributed by atoms with van der Waals surface area (Å²) in [5.41, 5.74) is 0.0316. The molecule has 1 aromatic heterocycles. The summed E-state index contributed by atoms with van der Waals surface area (Å²) in [7, 11) is 0. The fraction of sp³-hybridized carbons (Fsp3) is 0.0909. The van der Waals surface area contributed by atoms with Crippen LogP contribution in [0.15, 0.2) is 23.1 Å². The Balaban J connectivity index is 2.53. The fourth-order valence-corrected chi connectivity index (χ4v) is 2.04. The van der Waals surface area contributed by atoms with Crippen molar-refractivity contribution in [3.8, 4) is 11.3 Å². The maximum atomic E-state index is 14.0. The van der Waals surface area contributed by atoms with Gasteiger partial charge in [-0.2, -0.15) is 5.10 Å². The number of nitrogens with one attached hydrogen (secondary N) is 1. The molecule has 4 nitrogen and oxygen atoms in total. The Labute approximate surface area is 105 Å². The van der Waals surface area contributed by atoms with Crippen molar-refractivity contribution in [2.45, 2.75) is 4.90 Å². The molecule has 2 aromatic rings. The van der Waals surface area contributed by atoms with E-state index < -0.39 is 17.6 Å².